The molecule has 2 aromatic rings. The summed E-state index contributed by atoms with van der Waals surface area (Å²) in [6, 6.07) is 15.6. The van der Waals surface area contributed by atoms with E-state index in [1.807, 2.05) is 45.0 Å². The Labute approximate surface area is 198 Å². The molecule has 0 radical (unpaired) electrons. The highest BCUT2D eigenvalue weighted by Gasteiger charge is 2.44. The number of hydrogen-bond donors (Lipinski definition) is 1. The van der Waals surface area contributed by atoms with E-state index in [0.717, 1.165) is 5.56 Å². The Morgan fingerprint density at radius 3 is 2.56 bits per heavy atom. The third-order valence-corrected chi connectivity index (χ3v) is 6.20. The van der Waals surface area contributed by atoms with Crippen LogP contribution >= 0.6 is 0 Å². The molecule has 4 rings (SSSR count). The van der Waals surface area contributed by atoms with Crippen LogP contribution in [0.4, 0.5) is 11.4 Å². The quantitative estimate of drug-likeness (QED) is 0.497. The van der Waals surface area contributed by atoms with Crippen LogP contribution in [0.1, 0.15) is 45.1 Å². The van der Waals surface area contributed by atoms with E-state index >= 15 is 0 Å². The minimum Gasteiger partial charge on any atom is -0.494 e. The fourth-order valence-electron chi connectivity index (χ4n) is 4.81. The highest BCUT2D eigenvalue weighted by Crippen LogP contribution is 2.50. The van der Waals surface area contributed by atoms with Crippen molar-refractivity contribution in [1.29, 1.82) is 5.26 Å². The Hall–Kier alpha value is -4.12. The van der Waals surface area contributed by atoms with Crippen LogP contribution in [0.25, 0.3) is 0 Å². The molecule has 0 saturated heterocycles. The van der Waals surface area contributed by atoms with Crippen molar-refractivity contribution in [2.45, 2.75) is 39.5 Å². The Kier molecular flexibility index (Phi) is 5.88. The van der Waals surface area contributed by atoms with Gasteiger partial charge in [0.05, 0.1) is 34.8 Å². The molecule has 0 spiro atoms. The number of ketones is 1. The molecule has 174 valence electrons. The highest BCUT2D eigenvalue weighted by molar-refractivity contribution is 6.01. The van der Waals surface area contributed by atoms with E-state index in [0.29, 0.717) is 42.2 Å². The molecule has 2 aromatic carbocycles. The van der Waals surface area contributed by atoms with Gasteiger partial charge in [-0.1, -0.05) is 32.0 Å². The molecule has 8 heteroatoms. The van der Waals surface area contributed by atoms with Crippen molar-refractivity contribution in [2.24, 2.45) is 11.1 Å². The van der Waals surface area contributed by atoms with E-state index in [4.69, 9.17) is 10.5 Å². The Bertz CT molecular complexity index is 1270. The van der Waals surface area contributed by atoms with Crippen LogP contribution in [0.5, 0.6) is 5.75 Å². The number of carbonyl (C=O) groups is 1. The molecule has 0 bridgehead atoms. The molecule has 1 aliphatic heterocycles. The number of non-ortho nitro benzene ring substituents is 1. The SMILES string of the molecule is CCOc1ccc(C2C(C#N)=C(N)N(c3cccc([N+](=O)[O-])c3)C3=C2C(=O)CC(C)(C)C3)cc1. The molecule has 8 nitrogen and oxygen atoms in total. The van der Waals surface area contributed by atoms with Crippen LogP contribution < -0.4 is 15.4 Å². The molecule has 1 atom stereocenters. The zero-order valence-corrected chi connectivity index (χ0v) is 19.4. The number of Topliss-reactive ketones (excluding diaryl/α,β-unsaturated/α-hetero) is 1. The lowest BCUT2D eigenvalue weighted by atomic mass is 9.68. The molecule has 2 aliphatic rings. The molecular weight excluding hydrogens is 432 g/mol. The summed E-state index contributed by atoms with van der Waals surface area (Å²) in [5, 5.41) is 21.5. The summed E-state index contributed by atoms with van der Waals surface area (Å²) < 4.78 is 5.54. The summed E-state index contributed by atoms with van der Waals surface area (Å²) in [5.74, 6) is 0.197. The number of nitrogens with zero attached hydrogens (tertiary/aromatic N) is 3. The van der Waals surface area contributed by atoms with Gasteiger partial charge in [-0.25, -0.2) is 0 Å². The molecule has 34 heavy (non-hydrogen) atoms. The lowest BCUT2D eigenvalue weighted by Crippen LogP contribution is -2.42. The summed E-state index contributed by atoms with van der Waals surface area (Å²) in [4.78, 5) is 26.1. The van der Waals surface area contributed by atoms with E-state index in [1.54, 1.807) is 17.0 Å². The minimum atomic E-state index is -0.616. The maximum atomic E-state index is 13.5. The summed E-state index contributed by atoms with van der Waals surface area (Å²) >= 11 is 0. The predicted molar refractivity (Wildman–Crippen MR) is 128 cm³/mol. The van der Waals surface area contributed by atoms with Gasteiger partial charge in [0.1, 0.15) is 11.6 Å². The van der Waals surface area contributed by atoms with Gasteiger partial charge in [0, 0.05) is 29.8 Å². The van der Waals surface area contributed by atoms with Crippen LogP contribution in [0.15, 0.2) is 71.2 Å². The lowest BCUT2D eigenvalue weighted by molar-refractivity contribution is -0.384. The molecule has 2 N–H and O–H groups in total. The fourth-order valence-corrected chi connectivity index (χ4v) is 4.81. The van der Waals surface area contributed by atoms with Crippen molar-refractivity contribution in [3.05, 3.63) is 86.9 Å². The molecule has 0 fully saturated rings. The van der Waals surface area contributed by atoms with Crippen LogP contribution in [-0.2, 0) is 4.79 Å². The largest absolute Gasteiger partial charge is 0.494 e. The number of nitriles is 1. The first-order valence-electron chi connectivity index (χ1n) is 11.1. The fraction of sp³-hybridized carbons (Fsp3) is 0.308. The first-order valence-corrected chi connectivity index (χ1v) is 11.1. The Morgan fingerprint density at radius 1 is 1.24 bits per heavy atom. The molecule has 0 aromatic heterocycles. The maximum absolute atomic E-state index is 13.5. The average molecular weight is 459 g/mol. The topological polar surface area (TPSA) is 122 Å². The van der Waals surface area contributed by atoms with Crippen molar-refractivity contribution in [2.75, 3.05) is 11.5 Å². The van der Waals surface area contributed by atoms with Crippen molar-refractivity contribution in [3.8, 4) is 11.8 Å². The van der Waals surface area contributed by atoms with Crippen LogP contribution in [0.2, 0.25) is 0 Å². The third-order valence-electron chi connectivity index (χ3n) is 6.20. The number of rotatable bonds is 5. The van der Waals surface area contributed by atoms with Gasteiger partial charge >= 0.3 is 0 Å². The third kappa shape index (κ3) is 4.01. The number of ether oxygens (including phenoxy) is 1. The van der Waals surface area contributed by atoms with Gasteiger partial charge < -0.3 is 10.5 Å². The summed E-state index contributed by atoms with van der Waals surface area (Å²) in [7, 11) is 0. The van der Waals surface area contributed by atoms with E-state index < -0.39 is 10.8 Å². The minimum absolute atomic E-state index is 0.0548. The zero-order chi connectivity index (χ0) is 24.6. The van der Waals surface area contributed by atoms with E-state index in [2.05, 4.69) is 6.07 Å². The number of benzene rings is 2. The second kappa shape index (κ2) is 8.67. The van der Waals surface area contributed by atoms with E-state index in [-0.39, 0.29) is 28.3 Å². The van der Waals surface area contributed by atoms with Gasteiger partial charge in [-0.3, -0.25) is 19.8 Å². The summed E-state index contributed by atoms with van der Waals surface area (Å²) in [5.41, 5.74) is 8.80. The van der Waals surface area contributed by atoms with Crippen molar-refractivity contribution < 1.29 is 14.5 Å². The number of nitro benzene ring substituents is 1. The molecule has 1 heterocycles. The molecular formula is C26H26N4O4. The first kappa shape index (κ1) is 23.1. The second-order valence-electron chi connectivity index (χ2n) is 9.26. The summed E-state index contributed by atoms with van der Waals surface area (Å²) in [6.45, 7) is 6.44. The number of hydrogen-bond acceptors (Lipinski definition) is 7. The normalized spacial score (nSPS) is 19.5. The molecule has 1 unspecified atom stereocenters. The van der Waals surface area contributed by atoms with Gasteiger partial charge in [0.2, 0.25) is 0 Å². The van der Waals surface area contributed by atoms with Gasteiger partial charge in [0.15, 0.2) is 5.78 Å². The van der Waals surface area contributed by atoms with Crippen LogP contribution in [-0.4, -0.2) is 17.3 Å². The maximum Gasteiger partial charge on any atom is 0.271 e. The standard InChI is InChI=1S/C26H26N4O4/c1-4-34-19-10-8-16(9-11-19)23-20(15-27)25(28)29(17-6-5-7-18(12-17)30(32)33)21-13-26(2,3)14-22(31)24(21)23/h5-12,23H,4,13-14,28H2,1-3H3. The average Bonchev–Trinajstić information content (AvgIpc) is 2.78. The van der Waals surface area contributed by atoms with Gasteiger partial charge in [-0.05, 0) is 42.5 Å². The highest BCUT2D eigenvalue weighted by atomic mass is 16.6. The Morgan fingerprint density at radius 2 is 1.94 bits per heavy atom. The summed E-state index contributed by atoms with van der Waals surface area (Å²) in [6.07, 6.45) is 0.866. The van der Waals surface area contributed by atoms with E-state index in [9.17, 15) is 20.2 Å². The van der Waals surface area contributed by atoms with Crippen molar-refractivity contribution >= 4 is 17.2 Å². The van der Waals surface area contributed by atoms with Crippen LogP contribution in [0.3, 0.4) is 0 Å². The molecule has 0 saturated carbocycles. The number of nitro groups is 1. The van der Waals surface area contributed by atoms with E-state index in [1.165, 1.54) is 12.1 Å². The Balaban J connectivity index is 1.94. The zero-order valence-electron chi connectivity index (χ0n) is 19.4. The smallest absolute Gasteiger partial charge is 0.271 e. The second-order valence-corrected chi connectivity index (χ2v) is 9.26. The van der Waals surface area contributed by atoms with Crippen molar-refractivity contribution in [1.82, 2.24) is 0 Å². The van der Waals surface area contributed by atoms with Crippen molar-refractivity contribution in [3.63, 3.8) is 0 Å². The predicted octanol–water partition coefficient (Wildman–Crippen LogP) is 4.93. The van der Waals surface area contributed by atoms with Gasteiger partial charge in [-0.2, -0.15) is 5.26 Å². The number of carbonyl (C=O) groups excluding carboxylic acids is 1. The first-order chi connectivity index (χ1) is 16.2. The van der Waals surface area contributed by atoms with Crippen LogP contribution in [0, 0.1) is 26.9 Å². The number of nitrogens with two attached hydrogens (primary N) is 1. The monoisotopic (exact) mass is 458 g/mol. The molecule has 0 amide bonds. The lowest BCUT2D eigenvalue weighted by Gasteiger charge is -2.43. The van der Waals surface area contributed by atoms with Gasteiger partial charge in [0.25, 0.3) is 5.69 Å². The number of anilines is 1. The number of allylic oxidation sites excluding steroid dienone is 3. The van der Waals surface area contributed by atoms with Gasteiger partial charge in [-0.15, -0.1) is 0 Å². The molecule has 1 aliphatic carbocycles.